The number of allylic oxidation sites excluding steroid dienone is 1. The molecular formula is C15H22N2O2. The Balaban J connectivity index is 2.23. The Morgan fingerprint density at radius 2 is 2.16 bits per heavy atom. The summed E-state index contributed by atoms with van der Waals surface area (Å²) in [6, 6.07) is 9.95. The lowest BCUT2D eigenvalue weighted by molar-refractivity contribution is 0.0216. The molecule has 0 amide bonds. The van der Waals surface area contributed by atoms with Crippen molar-refractivity contribution < 1.29 is 9.47 Å². The van der Waals surface area contributed by atoms with Crippen LogP contribution in [0.1, 0.15) is 31.4 Å². The second kappa shape index (κ2) is 7.28. The summed E-state index contributed by atoms with van der Waals surface area (Å²) in [5.41, 5.74) is 3.94. The fourth-order valence-electron chi connectivity index (χ4n) is 2.32. The Labute approximate surface area is 114 Å². The van der Waals surface area contributed by atoms with Crippen LogP contribution in [0.2, 0.25) is 0 Å². The Morgan fingerprint density at radius 3 is 2.74 bits per heavy atom. The van der Waals surface area contributed by atoms with Crippen molar-refractivity contribution in [3.63, 3.8) is 0 Å². The van der Waals surface area contributed by atoms with E-state index in [-0.39, 0.29) is 12.1 Å². The molecule has 4 nitrogen and oxygen atoms in total. The quantitative estimate of drug-likeness (QED) is 0.610. The van der Waals surface area contributed by atoms with Gasteiger partial charge in [0.05, 0.1) is 6.61 Å². The first kappa shape index (κ1) is 14.1. The van der Waals surface area contributed by atoms with E-state index in [0.717, 1.165) is 30.8 Å². The molecule has 2 rings (SSSR count). The van der Waals surface area contributed by atoms with E-state index in [2.05, 4.69) is 11.5 Å². The molecule has 19 heavy (non-hydrogen) atoms. The van der Waals surface area contributed by atoms with Crippen molar-refractivity contribution in [2.75, 3.05) is 13.2 Å². The Kier molecular flexibility index (Phi) is 5.39. The lowest BCUT2D eigenvalue weighted by Gasteiger charge is -2.30. The lowest BCUT2D eigenvalue weighted by Crippen LogP contribution is -2.43. The third-order valence-corrected chi connectivity index (χ3v) is 3.23. The summed E-state index contributed by atoms with van der Waals surface area (Å²) >= 11 is 0. The molecule has 2 atom stereocenters. The molecule has 0 aromatic heterocycles. The highest BCUT2D eigenvalue weighted by Crippen LogP contribution is 2.27. The number of hydrogen-bond acceptors (Lipinski definition) is 4. The van der Waals surface area contributed by atoms with Gasteiger partial charge in [-0.3, -0.25) is 5.84 Å². The molecule has 0 saturated heterocycles. The van der Waals surface area contributed by atoms with Crippen LogP contribution in [0.3, 0.4) is 0 Å². The second-order valence-corrected chi connectivity index (χ2v) is 4.53. The zero-order valence-corrected chi connectivity index (χ0v) is 11.3. The van der Waals surface area contributed by atoms with E-state index in [0.29, 0.717) is 6.61 Å². The molecule has 1 aromatic rings. The van der Waals surface area contributed by atoms with Crippen LogP contribution >= 0.6 is 0 Å². The van der Waals surface area contributed by atoms with Crippen molar-refractivity contribution in [3.8, 4) is 0 Å². The SMILES string of the molecule is CCOC(c1ccccc1)C(NN)C1=CCCCO1. The van der Waals surface area contributed by atoms with Gasteiger partial charge in [-0.05, 0) is 31.4 Å². The average Bonchev–Trinajstić information content (AvgIpc) is 2.49. The fraction of sp³-hybridized carbons (Fsp3) is 0.467. The molecular weight excluding hydrogens is 240 g/mol. The van der Waals surface area contributed by atoms with Gasteiger partial charge in [-0.1, -0.05) is 30.3 Å². The van der Waals surface area contributed by atoms with Crippen LogP contribution in [0.4, 0.5) is 0 Å². The topological polar surface area (TPSA) is 56.5 Å². The largest absolute Gasteiger partial charge is 0.496 e. The predicted molar refractivity (Wildman–Crippen MR) is 75.2 cm³/mol. The maximum atomic E-state index is 5.87. The first-order chi connectivity index (χ1) is 9.36. The van der Waals surface area contributed by atoms with E-state index >= 15 is 0 Å². The number of rotatable bonds is 6. The summed E-state index contributed by atoms with van der Waals surface area (Å²) in [6.45, 7) is 3.36. The molecule has 1 aliphatic rings. The van der Waals surface area contributed by atoms with Crippen molar-refractivity contribution in [1.29, 1.82) is 0 Å². The molecule has 104 valence electrons. The maximum Gasteiger partial charge on any atom is 0.113 e. The zero-order valence-electron chi connectivity index (χ0n) is 11.3. The highest BCUT2D eigenvalue weighted by molar-refractivity contribution is 5.23. The summed E-state index contributed by atoms with van der Waals surface area (Å²) in [4.78, 5) is 0. The molecule has 3 N–H and O–H groups in total. The Morgan fingerprint density at radius 1 is 1.37 bits per heavy atom. The van der Waals surface area contributed by atoms with E-state index < -0.39 is 0 Å². The number of hydrazine groups is 1. The highest BCUT2D eigenvalue weighted by Gasteiger charge is 2.28. The normalized spacial score (nSPS) is 18.3. The van der Waals surface area contributed by atoms with Crippen LogP contribution in [0.5, 0.6) is 0 Å². The second-order valence-electron chi connectivity index (χ2n) is 4.53. The van der Waals surface area contributed by atoms with Crippen molar-refractivity contribution in [2.24, 2.45) is 5.84 Å². The van der Waals surface area contributed by atoms with Crippen LogP contribution in [0.15, 0.2) is 42.2 Å². The van der Waals surface area contributed by atoms with Gasteiger partial charge < -0.3 is 9.47 Å². The molecule has 0 bridgehead atoms. The van der Waals surface area contributed by atoms with Gasteiger partial charge in [-0.2, -0.15) is 0 Å². The minimum Gasteiger partial charge on any atom is -0.496 e. The minimum atomic E-state index is -0.150. The lowest BCUT2D eigenvalue weighted by atomic mass is 9.99. The molecule has 0 spiro atoms. The molecule has 1 aliphatic heterocycles. The fourth-order valence-corrected chi connectivity index (χ4v) is 2.32. The van der Waals surface area contributed by atoms with E-state index in [4.69, 9.17) is 15.3 Å². The smallest absolute Gasteiger partial charge is 0.113 e. The first-order valence-corrected chi connectivity index (χ1v) is 6.82. The summed E-state index contributed by atoms with van der Waals surface area (Å²) < 4.78 is 11.6. The van der Waals surface area contributed by atoms with Crippen LogP contribution in [-0.2, 0) is 9.47 Å². The summed E-state index contributed by atoms with van der Waals surface area (Å²) in [5.74, 6) is 6.61. The van der Waals surface area contributed by atoms with Gasteiger partial charge in [-0.15, -0.1) is 0 Å². The maximum absolute atomic E-state index is 5.87. The summed E-state index contributed by atoms with van der Waals surface area (Å²) in [7, 11) is 0. The van der Waals surface area contributed by atoms with Gasteiger partial charge in [0.1, 0.15) is 17.9 Å². The molecule has 4 heteroatoms. The number of benzene rings is 1. The van der Waals surface area contributed by atoms with Crippen LogP contribution in [0, 0.1) is 0 Å². The van der Waals surface area contributed by atoms with E-state index in [1.54, 1.807) is 0 Å². The van der Waals surface area contributed by atoms with Gasteiger partial charge in [0.25, 0.3) is 0 Å². The molecule has 0 radical (unpaired) electrons. The number of nitrogens with one attached hydrogen (secondary N) is 1. The van der Waals surface area contributed by atoms with E-state index in [9.17, 15) is 0 Å². The van der Waals surface area contributed by atoms with Gasteiger partial charge in [0.15, 0.2) is 0 Å². The van der Waals surface area contributed by atoms with Gasteiger partial charge >= 0.3 is 0 Å². The average molecular weight is 262 g/mol. The molecule has 0 aliphatic carbocycles. The number of hydrogen-bond donors (Lipinski definition) is 2. The molecule has 0 saturated carbocycles. The van der Waals surface area contributed by atoms with Gasteiger partial charge in [0, 0.05) is 6.61 Å². The molecule has 2 unspecified atom stereocenters. The van der Waals surface area contributed by atoms with E-state index in [1.165, 1.54) is 0 Å². The molecule has 1 aromatic carbocycles. The third kappa shape index (κ3) is 3.56. The number of ether oxygens (including phenoxy) is 2. The van der Waals surface area contributed by atoms with Crippen LogP contribution in [-0.4, -0.2) is 19.3 Å². The van der Waals surface area contributed by atoms with Gasteiger partial charge in [0.2, 0.25) is 0 Å². The zero-order chi connectivity index (χ0) is 13.5. The summed E-state index contributed by atoms with van der Waals surface area (Å²) in [5, 5.41) is 0. The first-order valence-electron chi connectivity index (χ1n) is 6.82. The summed E-state index contributed by atoms with van der Waals surface area (Å²) in [6.07, 6.45) is 4.05. The minimum absolute atomic E-state index is 0.138. The van der Waals surface area contributed by atoms with Crippen molar-refractivity contribution in [1.82, 2.24) is 5.43 Å². The van der Waals surface area contributed by atoms with Crippen LogP contribution < -0.4 is 11.3 Å². The van der Waals surface area contributed by atoms with Crippen LogP contribution in [0.25, 0.3) is 0 Å². The predicted octanol–water partition coefficient (Wildman–Crippen LogP) is 2.29. The number of nitrogens with two attached hydrogens (primary N) is 1. The molecule has 1 heterocycles. The van der Waals surface area contributed by atoms with Crippen molar-refractivity contribution in [3.05, 3.63) is 47.7 Å². The van der Waals surface area contributed by atoms with E-state index in [1.807, 2.05) is 37.3 Å². The Bertz CT molecular complexity index is 406. The van der Waals surface area contributed by atoms with Gasteiger partial charge in [-0.25, -0.2) is 5.43 Å². The Hall–Kier alpha value is -1.36. The standard InChI is InChI=1S/C15H22N2O2/c1-2-18-15(12-8-4-3-5-9-12)14(17-16)13-10-6-7-11-19-13/h3-5,8-10,14-15,17H,2,6-7,11,16H2,1H3. The van der Waals surface area contributed by atoms with Crippen molar-refractivity contribution in [2.45, 2.75) is 31.9 Å². The third-order valence-electron chi connectivity index (χ3n) is 3.23. The van der Waals surface area contributed by atoms with Crippen molar-refractivity contribution >= 4 is 0 Å². The molecule has 0 fully saturated rings. The highest BCUT2D eigenvalue weighted by atomic mass is 16.5. The monoisotopic (exact) mass is 262 g/mol.